The summed E-state index contributed by atoms with van der Waals surface area (Å²) in [5.74, 6) is 0.149. The van der Waals surface area contributed by atoms with E-state index in [-0.39, 0.29) is 23.1 Å². The van der Waals surface area contributed by atoms with Crippen molar-refractivity contribution in [1.29, 1.82) is 0 Å². The van der Waals surface area contributed by atoms with Crippen LogP contribution in [-0.4, -0.2) is 28.0 Å². The second-order valence-corrected chi connectivity index (χ2v) is 4.57. The lowest BCUT2D eigenvalue weighted by Crippen LogP contribution is -2.19. The van der Waals surface area contributed by atoms with Crippen molar-refractivity contribution in [3.63, 3.8) is 0 Å². The van der Waals surface area contributed by atoms with Gasteiger partial charge in [0.25, 0.3) is 0 Å². The molecule has 1 aromatic rings. The number of carbonyl (C=O) groups excluding carboxylic acids is 1. The van der Waals surface area contributed by atoms with Crippen LogP contribution in [0.4, 0.5) is 0 Å². The van der Waals surface area contributed by atoms with Crippen LogP contribution in [0, 0.1) is 0 Å². The number of Topliss-reactive ketones (excluding diaryl/α,β-unsaturated/α-hetero) is 1. The van der Waals surface area contributed by atoms with E-state index in [2.05, 4.69) is 0 Å². The summed E-state index contributed by atoms with van der Waals surface area (Å²) in [5, 5.41) is 19.7. The van der Waals surface area contributed by atoms with Gasteiger partial charge in [-0.1, -0.05) is 23.7 Å². The van der Waals surface area contributed by atoms with Crippen LogP contribution in [0.3, 0.4) is 0 Å². The molecule has 2 unspecified atom stereocenters. The molecular formula is C12H14Cl2O3. The number of aliphatic hydroxyl groups excluding tert-OH is 2. The Bertz CT molecular complexity index is 407. The van der Waals surface area contributed by atoms with E-state index in [1.54, 1.807) is 12.1 Å². The third kappa shape index (κ3) is 3.68. The molecule has 0 aliphatic rings. The molecule has 1 rings (SSSR count). The van der Waals surface area contributed by atoms with Gasteiger partial charge in [-0.15, -0.1) is 11.6 Å². The molecule has 0 aromatic heterocycles. The largest absolute Gasteiger partial charge is 0.390 e. The van der Waals surface area contributed by atoms with E-state index in [1.165, 1.54) is 13.0 Å². The van der Waals surface area contributed by atoms with Crippen LogP contribution >= 0.6 is 23.2 Å². The maximum absolute atomic E-state index is 11.1. The Morgan fingerprint density at radius 2 is 2.06 bits per heavy atom. The molecule has 0 saturated heterocycles. The first-order valence-corrected chi connectivity index (χ1v) is 6.11. The van der Waals surface area contributed by atoms with Gasteiger partial charge in [0.15, 0.2) is 5.78 Å². The third-order valence-corrected chi connectivity index (χ3v) is 3.04. The quantitative estimate of drug-likeness (QED) is 0.642. The lowest BCUT2D eigenvalue weighted by Gasteiger charge is -2.18. The number of aliphatic hydroxyl groups is 2. The first-order chi connectivity index (χ1) is 7.97. The number of benzene rings is 1. The van der Waals surface area contributed by atoms with E-state index in [1.807, 2.05) is 0 Å². The van der Waals surface area contributed by atoms with Gasteiger partial charge < -0.3 is 10.2 Å². The van der Waals surface area contributed by atoms with E-state index >= 15 is 0 Å². The summed E-state index contributed by atoms with van der Waals surface area (Å²) in [6.07, 6.45) is -1.79. The summed E-state index contributed by atoms with van der Waals surface area (Å²) in [6, 6.07) is 4.59. The van der Waals surface area contributed by atoms with Crippen LogP contribution in [0.1, 0.15) is 35.4 Å². The van der Waals surface area contributed by atoms with Gasteiger partial charge in [-0.2, -0.15) is 0 Å². The van der Waals surface area contributed by atoms with Gasteiger partial charge in [0.05, 0.1) is 6.10 Å². The fourth-order valence-corrected chi connectivity index (χ4v) is 1.98. The molecule has 0 spiro atoms. The second kappa shape index (κ2) is 6.36. The Labute approximate surface area is 110 Å². The molecule has 17 heavy (non-hydrogen) atoms. The van der Waals surface area contributed by atoms with Gasteiger partial charge >= 0.3 is 0 Å². The molecule has 3 nitrogen and oxygen atoms in total. The highest BCUT2D eigenvalue weighted by molar-refractivity contribution is 6.31. The number of halogens is 2. The first-order valence-electron chi connectivity index (χ1n) is 5.20. The molecule has 2 N–H and O–H groups in total. The minimum absolute atomic E-state index is 0.103. The average Bonchev–Trinajstić information content (AvgIpc) is 2.28. The number of alkyl halides is 1. The SMILES string of the molecule is CC(=O)c1ccc(C(O)C(O)CCCl)c(Cl)c1. The molecule has 0 amide bonds. The average molecular weight is 277 g/mol. The van der Waals surface area contributed by atoms with Crippen LogP contribution in [0.5, 0.6) is 0 Å². The Hall–Kier alpha value is -0.610. The fraction of sp³-hybridized carbons (Fsp3) is 0.417. The lowest BCUT2D eigenvalue weighted by atomic mass is 10.0. The Kier molecular flexibility index (Phi) is 5.40. The zero-order chi connectivity index (χ0) is 13.0. The Morgan fingerprint density at radius 1 is 1.41 bits per heavy atom. The van der Waals surface area contributed by atoms with E-state index in [4.69, 9.17) is 23.2 Å². The van der Waals surface area contributed by atoms with Crippen molar-refractivity contribution in [2.45, 2.75) is 25.6 Å². The highest BCUT2D eigenvalue weighted by Gasteiger charge is 2.20. The summed E-state index contributed by atoms with van der Waals surface area (Å²) >= 11 is 11.4. The summed E-state index contributed by atoms with van der Waals surface area (Å²) in [7, 11) is 0. The van der Waals surface area contributed by atoms with Crippen LogP contribution in [-0.2, 0) is 0 Å². The highest BCUT2D eigenvalue weighted by atomic mass is 35.5. The maximum atomic E-state index is 11.1. The molecule has 0 radical (unpaired) electrons. The molecule has 0 fully saturated rings. The molecule has 0 aliphatic heterocycles. The van der Waals surface area contributed by atoms with Crippen molar-refractivity contribution in [3.8, 4) is 0 Å². The Morgan fingerprint density at radius 3 is 2.53 bits per heavy atom. The van der Waals surface area contributed by atoms with Crippen LogP contribution < -0.4 is 0 Å². The van der Waals surface area contributed by atoms with Gasteiger partial charge in [-0.3, -0.25) is 4.79 Å². The number of carbonyl (C=O) groups is 1. The zero-order valence-corrected chi connectivity index (χ0v) is 10.9. The van der Waals surface area contributed by atoms with Crippen molar-refractivity contribution >= 4 is 29.0 Å². The van der Waals surface area contributed by atoms with Gasteiger partial charge in [0, 0.05) is 22.0 Å². The first kappa shape index (κ1) is 14.5. The van der Waals surface area contributed by atoms with Crippen molar-refractivity contribution < 1.29 is 15.0 Å². The van der Waals surface area contributed by atoms with Gasteiger partial charge in [-0.25, -0.2) is 0 Å². The van der Waals surface area contributed by atoms with Crippen molar-refractivity contribution in [3.05, 3.63) is 34.3 Å². The number of rotatable bonds is 5. The molecule has 0 aliphatic carbocycles. The summed E-state index contributed by atoms with van der Waals surface area (Å²) in [4.78, 5) is 11.1. The number of hydrogen-bond acceptors (Lipinski definition) is 3. The van der Waals surface area contributed by atoms with Gasteiger partial charge in [0.2, 0.25) is 0 Å². The van der Waals surface area contributed by atoms with Crippen molar-refractivity contribution in [2.24, 2.45) is 0 Å². The molecule has 0 heterocycles. The second-order valence-electron chi connectivity index (χ2n) is 3.78. The maximum Gasteiger partial charge on any atom is 0.159 e. The van der Waals surface area contributed by atoms with Crippen LogP contribution in [0.15, 0.2) is 18.2 Å². The lowest BCUT2D eigenvalue weighted by molar-refractivity contribution is 0.0170. The van der Waals surface area contributed by atoms with Gasteiger partial charge in [0.1, 0.15) is 6.10 Å². The summed E-state index contributed by atoms with van der Waals surface area (Å²) < 4.78 is 0. The predicted octanol–water partition coefficient (Wildman–Crippen LogP) is 2.57. The molecular weight excluding hydrogens is 263 g/mol. The monoisotopic (exact) mass is 276 g/mol. The molecule has 0 bridgehead atoms. The zero-order valence-electron chi connectivity index (χ0n) is 9.36. The van der Waals surface area contributed by atoms with E-state index in [0.717, 1.165) is 0 Å². The topological polar surface area (TPSA) is 57.5 Å². The molecule has 94 valence electrons. The van der Waals surface area contributed by atoms with Gasteiger partial charge in [-0.05, 0) is 19.4 Å². The highest BCUT2D eigenvalue weighted by Crippen LogP contribution is 2.27. The standard InChI is InChI=1S/C12H14Cl2O3/c1-7(15)8-2-3-9(10(14)6-8)12(17)11(16)4-5-13/h2-3,6,11-12,16-17H,4-5H2,1H3. The third-order valence-electron chi connectivity index (χ3n) is 2.49. The number of hydrogen-bond donors (Lipinski definition) is 2. The summed E-state index contributed by atoms with van der Waals surface area (Å²) in [6.45, 7) is 1.43. The Balaban J connectivity index is 2.95. The predicted molar refractivity (Wildman–Crippen MR) is 67.8 cm³/mol. The van der Waals surface area contributed by atoms with Crippen LogP contribution in [0.2, 0.25) is 5.02 Å². The molecule has 0 saturated carbocycles. The molecule has 2 atom stereocenters. The van der Waals surface area contributed by atoms with E-state index < -0.39 is 12.2 Å². The molecule has 5 heteroatoms. The number of ketones is 1. The van der Waals surface area contributed by atoms with E-state index in [9.17, 15) is 15.0 Å². The minimum atomic E-state index is -1.10. The summed E-state index contributed by atoms with van der Waals surface area (Å²) in [5.41, 5.74) is 0.868. The molecule has 1 aromatic carbocycles. The van der Waals surface area contributed by atoms with Crippen LogP contribution in [0.25, 0.3) is 0 Å². The van der Waals surface area contributed by atoms with E-state index in [0.29, 0.717) is 11.1 Å². The smallest absolute Gasteiger partial charge is 0.159 e. The minimum Gasteiger partial charge on any atom is -0.390 e. The van der Waals surface area contributed by atoms with Crippen molar-refractivity contribution in [1.82, 2.24) is 0 Å². The fourth-order valence-electron chi connectivity index (χ4n) is 1.46. The normalized spacial score (nSPS) is 14.4. The van der Waals surface area contributed by atoms with Crippen molar-refractivity contribution in [2.75, 3.05) is 5.88 Å².